The van der Waals surface area contributed by atoms with E-state index in [0.29, 0.717) is 17.6 Å². The fourth-order valence-corrected chi connectivity index (χ4v) is 2.35. The number of benzene rings is 1. The molecule has 1 fully saturated rings. The van der Waals surface area contributed by atoms with Gasteiger partial charge in [0.05, 0.1) is 6.54 Å². The maximum Gasteiger partial charge on any atom is 0.239 e. The van der Waals surface area contributed by atoms with Gasteiger partial charge in [0.1, 0.15) is 4.99 Å². The van der Waals surface area contributed by atoms with E-state index in [9.17, 15) is 4.79 Å². The average molecular weight is 342 g/mol. The van der Waals surface area contributed by atoms with Crippen LogP contribution in [0.2, 0.25) is 0 Å². The van der Waals surface area contributed by atoms with Gasteiger partial charge in [-0.25, -0.2) is 0 Å². The van der Waals surface area contributed by atoms with Crippen LogP contribution in [0.15, 0.2) is 22.7 Å². The molecule has 2 rings (SSSR count). The van der Waals surface area contributed by atoms with Crippen LogP contribution in [0.3, 0.4) is 0 Å². The van der Waals surface area contributed by atoms with E-state index in [2.05, 4.69) is 21.2 Å². The van der Waals surface area contributed by atoms with Gasteiger partial charge in [-0.05, 0) is 31.0 Å². The van der Waals surface area contributed by atoms with Crippen LogP contribution in [0, 0.1) is 0 Å². The summed E-state index contributed by atoms with van der Waals surface area (Å²) in [5.41, 5.74) is 7.35. The fourth-order valence-electron chi connectivity index (χ4n) is 1.83. The van der Waals surface area contributed by atoms with Crippen molar-refractivity contribution >= 4 is 44.7 Å². The van der Waals surface area contributed by atoms with Gasteiger partial charge in [0.2, 0.25) is 5.91 Å². The van der Waals surface area contributed by atoms with E-state index in [1.165, 1.54) is 0 Å². The molecular weight excluding hydrogens is 326 g/mol. The number of nitrogens with two attached hydrogens (primary N) is 1. The molecule has 19 heavy (non-hydrogen) atoms. The third-order valence-electron chi connectivity index (χ3n) is 2.96. The number of carbonyl (C=O) groups is 1. The lowest BCUT2D eigenvalue weighted by molar-refractivity contribution is -0.119. The molecule has 0 saturated heterocycles. The quantitative estimate of drug-likeness (QED) is 0.802. The Morgan fingerprint density at radius 3 is 2.84 bits per heavy atom. The highest BCUT2D eigenvalue weighted by Gasteiger charge is 2.24. The van der Waals surface area contributed by atoms with Crippen molar-refractivity contribution in [3.05, 3.63) is 28.2 Å². The maximum absolute atomic E-state index is 11.8. The summed E-state index contributed by atoms with van der Waals surface area (Å²) >= 11 is 8.46. The van der Waals surface area contributed by atoms with E-state index in [1.807, 2.05) is 30.1 Å². The summed E-state index contributed by atoms with van der Waals surface area (Å²) in [6.07, 6.45) is 2.18. The predicted molar refractivity (Wildman–Crippen MR) is 84.5 cm³/mol. The van der Waals surface area contributed by atoms with Crippen molar-refractivity contribution < 1.29 is 4.79 Å². The van der Waals surface area contributed by atoms with E-state index in [-0.39, 0.29) is 5.91 Å². The summed E-state index contributed by atoms with van der Waals surface area (Å²) in [7, 11) is 1.86. The van der Waals surface area contributed by atoms with Gasteiger partial charge in [-0.15, -0.1) is 0 Å². The minimum absolute atomic E-state index is 0.0267. The number of anilines is 1. The summed E-state index contributed by atoms with van der Waals surface area (Å²) in [5, 5.41) is 2.96. The number of carbonyl (C=O) groups excluding carboxylic acids is 1. The van der Waals surface area contributed by atoms with E-state index in [0.717, 1.165) is 28.6 Å². The van der Waals surface area contributed by atoms with E-state index < -0.39 is 0 Å². The van der Waals surface area contributed by atoms with Gasteiger partial charge in [-0.3, -0.25) is 4.79 Å². The number of hydrogen-bond donors (Lipinski definition) is 2. The van der Waals surface area contributed by atoms with Crippen molar-refractivity contribution in [1.29, 1.82) is 0 Å². The topological polar surface area (TPSA) is 58.4 Å². The molecule has 1 aliphatic rings. The first kappa shape index (κ1) is 14.3. The van der Waals surface area contributed by atoms with Crippen molar-refractivity contribution in [3.8, 4) is 0 Å². The van der Waals surface area contributed by atoms with Crippen molar-refractivity contribution in [2.75, 3.05) is 18.5 Å². The largest absolute Gasteiger partial charge is 0.389 e. The van der Waals surface area contributed by atoms with Crippen LogP contribution in [0.1, 0.15) is 18.4 Å². The van der Waals surface area contributed by atoms with Crippen LogP contribution in [0.4, 0.5) is 5.69 Å². The Balaban J connectivity index is 2.12. The van der Waals surface area contributed by atoms with E-state index in [1.54, 1.807) is 0 Å². The number of halogens is 1. The molecular formula is C13H16BrN3OS. The molecule has 0 unspecified atom stereocenters. The molecule has 0 aromatic heterocycles. The monoisotopic (exact) mass is 341 g/mol. The smallest absolute Gasteiger partial charge is 0.239 e. The van der Waals surface area contributed by atoms with Crippen molar-refractivity contribution in [2.45, 2.75) is 18.9 Å². The number of hydrogen-bond acceptors (Lipinski definition) is 3. The minimum Gasteiger partial charge on any atom is -0.389 e. The minimum atomic E-state index is 0.0267. The summed E-state index contributed by atoms with van der Waals surface area (Å²) < 4.78 is 0.928. The van der Waals surface area contributed by atoms with Crippen molar-refractivity contribution in [2.24, 2.45) is 5.73 Å². The first-order valence-electron chi connectivity index (χ1n) is 6.07. The first-order valence-corrected chi connectivity index (χ1v) is 7.27. The number of amides is 1. The van der Waals surface area contributed by atoms with Crippen molar-refractivity contribution in [1.82, 2.24) is 5.32 Å². The zero-order valence-electron chi connectivity index (χ0n) is 10.6. The van der Waals surface area contributed by atoms with Gasteiger partial charge in [0.15, 0.2) is 0 Å². The molecule has 1 aromatic carbocycles. The predicted octanol–water partition coefficient (Wildman–Crippen LogP) is 1.80. The standard InChI is InChI=1S/C13H16BrN3OS/c1-17(7-12(18)16-9-3-4-9)11-6-8(14)2-5-10(11)13(15)19/h2,5-6,9H,3-4,7H2,1H3,(H2,15,19)(H,16,18). The molecule has 1 aromatic rings. The normalized spacial score (nSPS) is 14.0. The Morgan fingerprint density at radius 1 is 1.58 bits per heavy atom. The highest BCUT2D eigenvalue weighted by atomic mass is 79.9. The SMILES string of the molecule is CN(CC(=O)NC1CC1)c1cc(Br)ccc1C(N)=S. The van der Waals surface area contributed by atoms with Crippen LogP contribution >= 0.6 is 28.1 Å². The Bertz CT molecular complexity index is 517. The van der Waals surface area contributed by atoms with Gasteiger partial charge in [0, 0.05) is 28.8 Å². The number of likely N-dealkylation sites (N-methyl/N-ethyl adjacent to an activating group) is 1. The molecule has 1 saturated carbocycles. The second-order valence-corrected chi connectivity index (χ2v) is 6.08. The van der Waals surface area contributed by atoms with E-state index in [4.69, 9.17) is 18.0 Å². The maximum atomic E-state index is 11.8. The summed E-state index contributed by atoms with van der Waals surface area (Å²) in [4.78, 5) is 14.0. The first-order chi connectivity index (χ1) is 8.97. The lowest BCUT2D eigenvalue weighted by Gasteiger charge is -2.22. The molecule has 1 aliphatic carbocycles. The number of nitrogens with one attached hydrogen (secondary N) is 1. The van der Waals surface area contributed by atoms with Crippen LogP contribution in [0.25, 0.3) is 0 Å². The van der Waals surface area contributed by atoms with Crippen LogP contribution < -0.4 is 16.0 Å². The molecule has 0 heterocycles. The summed E-state index contributed by atoms with van der Waals surface area (Å²) in [5.74, 6) is 0.0267. The zero-order valence-corrected chi connectivity index (χ0v) is 13.1. The van der Waals surface area contributed by atoms with Crippen LogP contribution in [-0.2, 0) is 4.79 Å². The molecule has 4 nitrogen and oxygen atoms in total. The van der Waals surface area contributed by atoms with Gasteiger partial charge in [-0.1, -0.05) is 28.1 Å². The molecule has 3 N–H and O–H groups in total. The summed E-state index contributed by atoms with van der Waals surface area (Å²) in [6.45, 7) is 0.294. The molecule has 102 valence electrons. The lowest BCUT2D eigenvalue weighted by atomic mass is 10.1. The zero-order chi connectivity index (χ0) is 14.0. The van der Waals surface area contributed by atoms with Crippen LogP contribution in [0.5, 0.6) is 0 Å². The average Bonchev–Trinajstić information content (AvgIpc) is 3.12. The van der Waals surface area contributed by atoms with Gasteiger partial charge >= 0.3 is 0 Å². The second kappa shape index (κ2) is 5.88. The van der Waals surface area contributed by atoms with Crippen molar-refractivity contribution in [3.63, 3.8) is 0 Å². The third-order valence-corrected chi connectivity index (χ3v) is 3.67. The Kier molecular flexibility index (Phi) is 4.42. The molecule has 1 amide bonds. The third kappa shape index (κ3) is 3.91. The van der Waals surface area contributed by atoms with Crippen LogP contribution in [-0.4, -0.2) is 30.5 Å². The highest BCUT2D eigenvalue weighted by molar-refractivity contribution is 9.10. The Labute approximate surface area is 126 Å². The highest BCUT2D eigenvalue weighted by Crippen LogP contribution is 2.24. The number of nitrogens with zero attached hydrogens (tertiary/aromatic N) is 1. The molecule has 0 bridgehead atoms. The lowest BCUT2D eigenvalue weighted by Crippen LogP contribution is -2.37. The number of rotatable bonds is 5. The van der Waals surface area contributed by atoms with Gasteiger partial charge in [-0.2, -0.15) is 0 Å². The Hall–Kier alpha value is -1.14. The molecule has 0 spiro atoms. The van der Waals surface area contributed by atoms with Gasteiger partial charge in [0.25, 0.3) is 0 Å². The molecule has 0 radical (unpaired) electrons. The molecule has 0 aliphatic heterocycles. The number of thiocarbonyl (C=S) groups is 1. The Morgan fingerprint density at radius 2 is 2.26 bits per heavy atom. The molecule has 6 heteroatoms. The second-order valence-electron chi connectivity index (χ2n) is 4.72. The molecule has 0 atom stereocenters. The fraction of sp³-hybridized carbons (Fsp3) is 0.385. The van der Waals surface area contributed by atoms with Gasteiger partial charge < -0.3 is 16.0 Å². The van der Waals surface area contributed by atoms with E-state index >= 15 is 0 Å². The summed E-state index contributed by atoms with van der Waals surface area (Å²) in [6, 6.07) is 6.03.